The van der Waals surface area contributed by atoms with Gasteiger partial charge in [-0.1, -0.05) is 0 Å². The van der Waals surface area contributed by atoms with Crippen LogP contribution >= 0.6 is 0 Å². The van der Waals surface area contributed by atoms with Crippen molar-refractivity contribution in [2.45, 2.75) is 43.9 Å². The van der Waals surface area contributed by atoms with Crippen molar-refractivity contribution in [3.8, 4) is 0 Å². The molecule has 31 heavy (non-hydrogen) atoms. The Morgan fingerprint density at radius 2 is 2.06 bits per heavy atom. The molecule has 4 heterocycles. The quantitative estimate of drug-likeness (QED) is 0.428. The number of hydrogen-bond donors (Lipinski definition) is 2. The number of rotatable bonds is 9. The number of carbonyl (C=O) groups is 3. The van der Waals surface area contributed by atoms with E-state index in [4.69, 9.17) is 14.2 Å². The lowest BCUT2D eigenvalue weighted by molar-refractivity contribution is -0.154. The minimum absolute atomic E-state index is 0.0857. The lowest BCUT2D eigenvalue weighted by Gasteiger charge is -2.33. The number of ether oxygens (including phenoxy) is 3. The average molecular weight is 440 g/mol. The zero-order chi connectivity index (χ0) is 22.0. The molecule has 0 saturated carbocycles. The van der Waals surface area contributed by atoms with Crippen molar-refractivity contribution in [2.24, 2.45) is 11.8 Å². The normalized spacial score (nSPS) is 34.8. The number of hydrogen-bond acceptors (Lipinski definition) is 8. The maximum Gasteiger partial charge on any atom is 0.312 e. The van der Waals surface area contributed by atoms with Crippen LogP contribution in [0.2, 0.25) is 0 Å². The zero-order valence-corrected chi connectivity index (χ0v) is 18.1. The summed E-state index contributed by atoms with van der Waals surface area (Å²) in [6.07, 6.45) is 1.15. The van der Waals surface area contributed by atoms with Crippen LogP contribution in [0.3, 0.4) is 0 Å². The lowest BCUT2D eigenvalue weighted by Crippen LogP contribution is -2.56. The van der Waals surface area contributed by atoms with Gasteiger partial charge in [0, 0.05) is 39.3 Å². The van der Waals surface area contributed by atoms with Gasteiger partial charge in [-0.2, -0.15) is 0 Å². The first-order valence-corrected chi connectivity index (χ1v) is 11.4. The maximum absolute atomic E-state index is 13.4. The molecule has 4 aliphatic rings. The van der Waals surface area contributed by atoms with Crippen LogP contribution in [-0.4, -0.2) is 110 Å². The molecule has 174 valence electrons. The van der Waals surface area contributed by atoms with E-state index in [9.17, 15) is 19.5 Å². The Morgan fingerprint density at radius 1 is 1.29 bits per heavy atom. The van der Waals surface area contributed by atoms with E-state index >= 15 is 0 Å². The summed E-state index contributed by atoms with van der Waals surface area (Å²) < 4.78 is 16.8. The molecule has 10 nitrogen and oxygen atoms in total. The minimum Gasteiger partial charge on any atom is -0.466 e. The Hall–Kier alpha value is -1.75. The Kier molecular flexibility index (Phi) is 6.80. The summed E-state index contributed by atoms with van der Waals surface area (Å²) in [6.45, 7) is 6.34. The Bertz CT molecular complexity index is 698. The molecule has 4 saturated heterocycles. The molecule has 10 heteroatoms. The number of aliphatic hydroxyl groups excluding tert-OH is 1. The smallest absolute Gasteiger partial charge is 0.312 e. The predicted octanol–water partition coefficient (Wildman–Crippen LogP) is -1.25. The molecule has 5 atom stereocenters. The van der Waals surface area contributed by atoms with E-state index < -0.39 is 35.6 Å². The van der Waals surface area contributed by atoms with Gasteiger partial charge in [-0.05, 0) is 26.2 Å². The summed E-state index contributed by atoms with van der Waals surface area (Å²) in [6, 6.07) is -0.800. The summed E-state index contributed by atoms with van der Waals surface area (Å²) in [5, 5.41) is 12.3. The van der Waals surface area contributed by atoms with E-state index in [1.54, 1.807) is 6.92 Å². The van der Waals surface area contributed by atoms with Gasteiger partial charge in [0.15, 0.2) is 0 Å². The molecule has 1 spiro atoms. The minimum atomic E-state index is -1.00. The van der Waals surface area contributed by atoms with Crippen molar-refractivity contribution in [3.05, 3.63) is 0 Å². The van der Waals surface area contributed by atoms with Gasteiger partial charge in [-0.15, -0.1) is 0 Å². The molecule has 0 aliphatic carbocycles. The molecular weight excluding hydrogens is 406 g/mol. The van der Waals surface area contributed by atoms with Crippen molar-refractivity contribution in [2.75, 3.05) is 59.2 Å². The second-order valence-electron chi connectivity index (χ2n) is 8.66. The number of aliphatic hydroxyl groups is 1. The van der Waals surface area contributed by atoms with Gasteiger partial charge in [0.25, 0.3) is 0 Å². The number of nitrogens with zero attached hydrogens (tertiary/aromatic N) is 2. The van der Waals surface area contributed by atoms with Gasteiger partial charge < -0.3 is 29.5 Å². The Morgan fingerprint density at radius 3 is 2.77 bits per heavy atom. The molecule has 0 aromatic rings. The van der Waals surface area contributed by atoms with Crippen LogP contribution in [0.4, 0.5) is 0 Å². The molecule has 2 amide bonds. The third kappa shape index (κ3) is 3.94. The zero-order valence-electron chi connectivity index (χ0n) is 18.1. The Labute approximate surface area is 182 Å². The molecule has 2 bridgehead atoms. The van der Waals surface area contributed by atoms with E-state index in [0.29, 0.717) is 45.6 Å². The highest BCUT2D eigenvalue weighted by Crippen LogP contribution is 2.58. The molecular formula is C21H33N3O7. The van der Waals surface area contributed by atoms with Crippen LogP contribution in [0.5, 0.6) is 0 Å². The van der Waals surface area contributed by atoms with Crippen LogP contribution in [0.15, 0.2) is 0 Å². The number of carbonyl (C=O) groups excluding carboxylic acids is 3. The van der Waals surface area contributed by atoms with E-state index in [1.807, 2.05) is 0 Å². The number of esters is 1. The lowest BCUT2D eigenvalue weighted by atomic mass is 9.71. The van der Waals surface area contributed by atoms with Gasteiger partial charge in [0.2, 0.25) is 11.8 Å². The van der Waals surface area contributed by atoms with Crippen LogP contribution in [0.1, 0.15) is 26.2 Å². The summed E-state index contributed by atoms with van der Waals surface area (Å²) >= 11 is 0. The molecule has 0 aromatic heterocycles. The van der Waals surface area contributed by atoms with E-state index in [0.717, 1.165) is 13.1 Å². The van der Waals surface area contributed by atoms with Crippen LogP contribution < -0.4 is 5.32 Å². The van der Waals surface area contributed by atoms with Crippen molar-refractivity contribution in [1.29, 1.82) is 0 Å². The van der Waals surface area contributed by atoms with Crippen molar-refractivity contribution < 1.29 is 33.7 Å². The molecule has 0 aromatic carbocycles. The molecule has 0 unspecified atom stereocenters. The molecule has 4 fully saturated rings. The van der Waals surface area contributed by atoms with Crippen molar-refractivity contribution in [1.82, 2.24) is 15.1 Å². The maximum atomic E-state index is 13.4. The van der Waals surface area contributed by atoms with Crippen LogP contribution in [0.25, 0.3) is 0 Å². The molecule has 4 aliphatic heterocycles. The van der Waals surface area contributed by atoms with Gasteiger partial charge in [-0.3, -0.25) is 19.3 Å². The SMILES string of the molecule is CCOC(=O)[C@@H]1[C@H]2C(=O)N(CCCO)[C@H](C(=O)NCCN3CCOCC3)[C@]23CC[C@H]1O3. The molecule has 4 rings (SSSR count). The van der Waals surface area contributed by atoms with Crippen molar-refractivity contribution >= 4 is 17.8 Å². The highest BCUT2D eigenvalue weighted by Gasteiger charge is 2.74. The molecule has 2 N–H and O–H groups in total. The second-order valence-corrected chi connectivity index (χ2v) is 8.66. The third-order valence-electron chi connectivity index (χ3n) is 7.00. The highest BCUT2D eigenvalue weighted by atomic mass is 16.6. The first kappa shape index (κ1) is 22.4. The average Bonchev–Trinajstić information content (AvgIpc) is 3.40. The number of morpholine rings is 1. The fourth-order valence-electron chi connectivity index (χ4n) is 5.70. The fraction of sp³-hybridized carbons (Fsp3) is 0.857. The van der Waals surface area contributed by atoms with Crippen LogP contribution in [0, 0.1) is 11.8 Å². The summed E-state index contributed by atoms with van der Waals surface area (Å²) in [7, 11) is 0. The number of amides is 2. The van der Waals surface area contributed by atoms with Crippen molar-refractivity contribution in [3.63, 3.8) is 0 Å². The molecule has 0 radical (unpaired) electrons. The Balaban J connectivity index is 1.51. The van der Waals surface area contributed by atoms with E-state index in [1.165, 1.54) is 4.90 Å². The summed E-state index contributed by atoms with van der Waals surface area (Å²) in [5.41, 5.74) is -1.00. The first-order chi connectivity index (χ1) is 15.0. The first-order valence-electron chi connectivity index (χ1n) is 11.4. The summed E-state index contributed by atoms with van der Waals surface area (Å²) in [5.74, 6) is -2.32. The highest BCUT2D eigenvalue weighted by molar-refractivity contribution is 5.98. The van der Waals surface area contributed by atoms with Gasteiger partial charge in [0.1, 0.15) is 11.6 Å². The van der Waals surface area contributed by atoms with E-state index in [-0.39, 0.29) is 31.6 Å². The van der Waals surface area contributed by atoms with Gasteiger partial charge >= 0.3 is 5.97 Å². The topological polar surface area (TPSA) is 118 Å². The monoisotopic (exact) mass is 439 g/mol. The number of nitrogens with one attached hydrogen (secondary N) is 1. The van der Waals surface area contributed by atoms with Gasteiger partial charge in [0.05, 0.1) is 37.8 Å². The second kappa shape index (κ2) is 9.40. The van der Waals surface area contributed by atoms with Gasteiger partial charge in [-0.25, -0.2) is 0 Å². The summed E-state index contributed by atoms with van der Waals surface area (Å²) in [4.78, 5) is 43.1. The van der Waals surface area contributed by atoms with E-state index in [2.05, 4.69) is 10.2 Å². The predicted molar refractivity (Wildman–Crippen MR) is 108 cm³/mol. The number of fused-ring (bicyclic) bond motifs is 1. The largest absolute Gasteiger partial charge is 0.466 e. The third-order valence-corrected chi connectivity index (χ3v) is 7.00. The number of likely N-dealkylation sites (tertiary alicyclic amines) is 1. The fourth-order valence-corrected chi connectivity index (χ4v) is 5.70. The standard InChI is InChI=1S/C21H33N3O7/c1-2-30-20(28)15-14-4-5-21(31-14)16(15)19(27)24(7-3-11-25)17(21)18(26)22-6-8-23-9-12-29-13-10-23/h14-17,25H,2-13H2,1H3,(H,22,26)/t14-,15+,16+,17-,21+/m1/s1. The van der Waals surface area contributed by atoms with Crippen LogP contribution in [-0.2, 0) is 28.6 Å².